The number of nitrogens with zero attached hydrogens (tertiary/aromatic N) is 4. The van der Waals surface area contributed by atoms with Crippen molar-refractivity contribution in [3.63, 3.8) is 0 Å². The first kappa shape index (κ1) is 9.92. The van der Waals surface area contributed by atoms with E-state index in [0.29, 0.717) is 0 Å². The molecule has 0 aromatic carbocycles. The summed E-state index contributed by atoms with van der Waals surface area (Å²) in [6.07, 6.45) is 10.1. The lowest BCUT2D eigenvalue weighted by atomic mass is 10.4. The van der Waals surface area contributed by atoms with Crippen LogP contribution in [0.3, 0.4) is 0 Å². The molecule has 0 aliphatic heterocycles. The summed E-state index contributed by atoms with van der Waals surface area (Å²) in [6, 6.07) is 0. The minimum atomic E-state index is -0.00191. The summed E-state index contributed by atoms with van der Waals surface area (Å²) in [4.78, 5) is 8.02. The van der Waals surface area contributed by atoms with Gasteiger partial charge >= 0.3 is 0 Å². The number of imidazole rings is 2. The zero-order chi connectivity index (χ0) is 10.5. The predicted octanol–water partition coefficient (Wildman–Crippen LogP) is 0.662. The Bertz CT molecular complexity index is 393. The van der Waals surface area contributed by atoms with Crippen LogP contribution in [0.15, 0.2) is 31.1 Å². The van der Waals surface area contributed by atoms with Crippen LogP contribution in [0.25, 0.3) is 0 Å². The molecule has 80 valence electrons. The van der Waals surface area contributed by atoms with Crippen LogP contribution in [0, 0.1) is 0 Å². The summed E-state index contributed by atoms with van der Waals surface area (Å²) in [5, 5.41) is 8.99. The van der Waals surface area contributed by atoms with Gasteiger partial charge in [0.2, 0.25) is 0 Å². The Kier molecular flexibility index (Phi) is 3.14. The lowest BCUT2D eigenvalue weighted by Crippen LogP contribution is -2.05. The highest BCUT2D eigenvalue weighted by molar-refractivity contribution is 4.89. The molecular weight excluding hydrogens is 192 g/mol. The minimum absolute atomic E-state index is 0.00191. The maximum atomic E-state index is 8.99. The van der Waals surface area contributed by atoms with Gasteiger partial charge in [0.15, 0.2) is 0 Å². The SMILES string of the molecule is OCc1nccn1CCCn1ccnc1. The van der Waals surface area contributed by atoms with E-state index in [1.807, 2.05) is 21.5 Å². The highest BCUT2D eigenvalue weighted by Crippen LogP contribution is 2.00. The monoisotopic (exact) mass is 206 g/mol. The van der Waals surface area contributed by atoms with Crippen LogP contribution in [0.1, 0.15) is 12.2 Å². The quantitative estimate of drug-likeness (QED) is 0.782. The van der Waals surface area contributed by atoms with Gasteiger partial charge in [-0.1, -0.05) is 0 Å². The molecule has 5 nitrogen and oxygen atoms in total. The van der Waals surface area contributed by atoms with Crippen molar-refractivity contribution in [1.29, 1.82) is 0 Å². The van der Waals surface area contributed by atoms with E-state index in [1.165, 1.54) is 0 Å². The molecule has 2 heterocycles. The Morgan fingerprint density at radius 3 is 2.87 bits per heavy atom. The van der Waals surface area contributed by atoms with Crippen molar-refractivity contribution in [3.8, 4) is 0 Å². The summed E-state index contributed by atoms with van der Waals surface area (Å²) in [5.74, 6) is 0.723. The Morgan fingerprint density at radius 1 is 1.20 bits per heavy atom. The second kappa shape index (κ2) is 4.75. The van der Waals surface area contributed by atoms with E-state index in [1.54, 1.807) is 18.7 Å². The molecule has 0 atom stereocenters. The average Bonchev–Trinajstić information content (AvgIpc) is 2.88. The molecule has 0 amide bonds. The summed E-state index contributed by atoms with van der Waals surface area (Å²) >= 11 is 0. The first-order valence-corrected chi connectivity index (χ1v) is 4.97. The number of aryl methyl sites for hydroxylation is 2. The number of aliphatic hydroxyl groups is 1. The van der Waals surface area contributed by atoms with Crippen molar-refractivity contribution >= 4 is 0 Å². The van der Waals surface area contributed by atoms with Gasteiger partial charge in [-0.2, -0.15) is 0 Å². The van der Waals surface area contributed by atoms with E-state index in [0.717, 1.165) is 25.3 Å². The van der Waals surface area contributed by atoms with Gasteiger partial charge in [-0.15, -0.1) is 0 Å². The lowest BCUT2D eigenvalue weighted by molar-refractivity contribution is 0.264. The van der Waals surface area contributed by atoms with Gasteiger partial charge in [0.1, 0.15) is 12.4 Å². The van der Waals surface area contributed by atoms with Crippen molar-refractivity contribution in [3.05, 3.63) is 36.9 Å². The van der Waals surface area contributed by atoms with E-state index in [-0.39, 0.29) is 6.61 Å². The molecule has 0 saturated heterocycles. The van der Waals surface area contributed by atoms with Gasteiger partial charge in [0.25, 0.3) is 0 Å². The number of aromatic nitrogens is 4. The van der Waals surface area contributed by atoms with Crippen LogP contribution in [0.5, 0.6) is 0 Å². The Hall–Kier alpha value is -1.62. The zero-order valence-electron chi connectivity index (χ0n) is 8.45. The zero-order valence-corrected chi connectivity index (χ0v) is 8.45. The third kappa shape index (κ3) is 2.44. The molecular formula is C10H14N4O. The molecule has 1 N–H and O–H groups in total. The average molecular weight is 206 g/mol. The third-order valence-corrected chi connectivity index (χ3v) is 2.32. The predicted molar refractivity (Wildman–Crippen MR) is 55.0 cm³/mol. The molecule has 0 aliphatic carbocycles. The number of hydrogen-bond donors (Lipinski definition) is 1. The van der Waals surface area contributed by atoms with Gasteiger partial charge in [-0.25, -0.2) is 9.97 Å². The topological polar surface area (TPSA) is 55.9 Å². The van der Waals surface area contributed by atoms with Gasteiger partial charge < -0.3 is 14.2 Å². The van der Waals surface area contributed by atoms with Crippen molar-refractivity contribution in [2.75, 3.05) is 0 Å². The van der Waals surface area contributed by atoms with Crippen LogP contribution in [0.4, 0.5) is 0 Å². The lowest BCUT2D eigenvalue weighted by Gasteiger charge is -2.06. The van der Waals surface area contributed by atoms with E-state index in [2.05, 4.69) is 9.97 Å². The Morgan fingerprint density at radius 2 is 2.13 bits per heavy atom. The highest BCUT2D eigenvalue weighted by atomic mass is 16.3. The normalized spacial score (nSPS) is 10.7. The second-order valence-electron chi connectivity index (χ2n) is 3.35. The Labute approximate surface area is 88.0 Å². The fourth-order valence-corrected chi connectivity index (χ4v) is 1.54. The van der Waals surface area contributed by atoms with Gasteiger partial charge in [-0.05, 0) is 6.42 Å². The van der Waals surface area contributed by atoms with Crippen LogP contribution >= 0.6 is 0 Å². The summed E-state index contributed by atoms with van der Waals surface area (Å²) in [5.41, 5.74) is 0. The molecule has 0 saturated carbocycles. The third-order valence-electron chi connectivity index (χ3n) is 2.32. The second-order valence-corrected chi connectivity index (χ2v) is 3.35. The van der Waals surface area contributed by atoms with Crippen LogP contribution in [0.2, 0.25) is 0 Å². The van der Waals surface area contributed by atoms with Crippen molar-refractivity contribution < 1.29 is 5.11 Å². The largest absolute Gasteiger partial charge is 0.388 e. The molecule has 2 rings (SSSR count). The standard InChI is InChI=1S/C10H14N4O/c15-8-10-12-3-7-14(10)5-1-4-13-6-2-11-9-13/h2-3,6-7,9,15H,1,4-5,8H2. The number of rotatable bonds is 5. The van der Waals surface area contributed by atoms with Crippen molar-refractivity contribution in [2.24, 2.45) is 0 Å². The van der Waals surface area contributed by atoms with Crippen LogP contribution < -0.4 is 0 Å². The fourth-order valence-electron chi connectivity index (χ4n) is 1.54. The van der Waals surface area contributed by atoms with E-state index in [9.17, 15) is 0 Å². The van der Waals surface area contributed by atoms with Crippen molar-refractivity contribution in [1.82, 2.24) is 19.1 Å². The van der Waals surface area contributed by atoms with Crippen LogP contribution in [-0.4, -0.2) is 24.2 Å². The minimum Gasteiger partial charge on any atom is -0.388 e. The van der Waals surface area contributed by atoms with E-state index in [4.69, 9.17) is 5.11 Å². The van der Waals surface area contributed by atoms with E-state index < -0.39 is 0 Å². The molecule has 0 aliphatic rings. The molecule has 0 spiro atoms. The van der Waals surface area contributed by atoms with E-state index >= 15 is 0 Å². The molecule has 2 aromatic heterocycles. The van der Waals surface area contributed by atoms with Gasteiger partial charge in [0.05, 0.1) is 6.33 Å². The summed E-state index contributed by atoms with van der Waals surface area (Å²) < 4.78 is 4.01. The smallest absolute Gasteiger partial charge is 0.134 e. The maximum Gasteiger partial charge on any atom is 0.134 e. The van der Waals surface area contributed by atoms with Crippen molar-refractivity contribution in [2.45, 2.75) is 26.1 Å². The van der Waals surface area contributed by atoms with Gasteiger partial charge in [0, 0.05) is 37.9 Å². The molecule has 0 fully saturated rings. The highest BCUT2D eigenvalue weighted by Gasteiger charge is 2.00. The molecule has 0 radical (unpaired) electrons. The molecule has 15 heavy (non-hydrogen) atoms. The fraction of sp³-hybridized carbons (Fsp3) is 0.400. The molecule has 0 bridgehead atoms. The molecule has 5 heteroatoms. The Balaban J connectivity index is 1.83. The first-order valence-electron chi connectivity index (χ1n) is 4.97. The summed E-state index contributed by atoms with van der Waals surface area (Å²) in [7, 11) is 0. The van der Waals surface area contributed by atoms with Crippen LogP contribution in [-0.2, 0) is 19.7 Å². The van der Waals surface area contributed by atoms with Gasteiger partial charge in [-0.3, -0.25) is 0 Å². The number of aliphatic hydroxyl groups excluding tert-OH is 1. The summed E-state index contributed by atoms with van der Waals surface area (Å²) in [6.45, 7) is 1.80. The maximum absolute atomic E-state index is 8.99. The number of hydrogen-bond acceptors (Lipinski definition) is 3. The molecule has 0 unspecified atom stereocenters. The molecule has 2 aromatic rings. The first-order chi connectivity index (χ1) is 7.40.